The van der Waals surface area contributed by atoms with Crippen LogP contribution >= 0.6 is 0 Å². The Kier molecular flexibility index (Phi) is 5.14. The standard InChI is InChI=1S/C20H26N2O2/c1-4-9-24-13-16-7-8-22(12-16)20(23)18-11-17-10-14(2)5-6-19(17)21-15(18)3/h5-6,10-11,16H,4,7-9,12-13H2,1-3H3. The van der Waals surface area contributed by atoms with Gasteiger partial charge in [0.15, 0.2) is 0 Å². The maximum Gasteiger partial charge on any atom is 0.255 e. The highest BCUT2D eigenvalue weighted by Crippen LogP contribution is 2.23. The molecule has 1 saturated heterocycles. The molecule has 1 aromatic heterocycles. The second-order valence-electron chi connectivity index (χ2n) is 6.80. The third-order valence-electron chi connectivity index (χ3n) is 4.67. The van der Waals surface area contributed by atoms with Gasteiger partial charge >= 0.3 is 0 Å². The van der Waals surface area contributed by atoms with E-state index >= 15 is 0 Å². The van der Waals surface area contributed by atoms with Gasteiger partial charge in [0, 0.05) is 31.0 Å². The number of hydrogen-bond donors (Lipinski definition) is 0. The number of nitrogens with zero attached hydrogens (tertiary/aromatic N) is 2. The van der Waals surface area contributed by atoms with Crippen molar-refractivity contribution in [3.8, 4) is 0 Å². The van der Waals surface area contributed by atoms with E-state index in [0.717, 1.165) is 61.3 Å². The highest BCUT2D eigenvalue weighted by Gasteiger charge is 2.28. The lowest BCUT2D eigenvalue weighted by molar-refractivity contribution is 0.0753. The number of aromatic nitrogens is 1. The molecule has 3 rings (SSSR count). The van der Waals surface area contributed by atoms with Gasteiger partial charge in [-0.05, 0) is 44.9 Å². The molecule has 1 aliphatic heterocycles. The van der Waals surface area contributed by atoms with Crippen LogP contribution in [0.3, 0.4) is 0 Å². The molecule has 128 valence electrons. The molecular formula is C20H26N2O2. The molecule has 1 aromatic carbocycles. The molecule has 0 radical (unpaired) electrons. The van der Waals surface area contributed by atoms with E-state index in [4.69, 9.17) is 4.74 Å². The second-order valence-corrected chi connectivity index (χ2v) is 6.80. The number of carbonyl (C=O) groups excluding carboxylic acids is 1. The first-order chi connectivity index (χ1) is 11.6. The smallest absolute Gasteiger partial charge is 0.255 e. The largest absolute Gasteiger partial charge is 0.381 e. The lowest BCUT2D eigenvalue weighted by Gasteiger charge is -2.18. The van der Waals surface area contributed by atoms with E-state index < -0.39 is 0 Å². The van der Waals surface area contributed by atoms with Crippen molar-refractivity contribution in [2.45, 2.75) is 33.6 Å². The molecule has 2 heterocycles. The van der Waals surface area contributed by atoms with E-state index in [2.05, 4.69) is 31.0 Å². The summed E-state index contributed by atoms with van der Waals surface area (Å²) in [6.45, 7) is 9.25. The van der Waals surface area contributed by atoms with Crippen molar-refractivity contribution in [2.24, 2.45) is 5.92 Å². The lowest BCUT2D eigenvalue weighted by atomic mass is 10.1. The molecule has 0 saturated carbocycles. The van der Waals surface area contributed by atoms with Crippen molar-refractivity contribution in [3.63, 3.8) is 0 Å². The number of carbonyl (C=O) groups is 1. The van der Waals surface area contributed by atoms with Crippen LogP contribution in [-0.4, -0.2) is 42.1 Å². The van der Waals surface area contributed by atoms with Gasteiger partial charge in [-0.25, -0.2) is 0 Å². The predicted octanol–water partition coefficient (Wildman–Crippen LogP) is 3.74. The maximum absolute atomic E-state index is 12.9. The van der Waals surface area contributed by atoms with Crippen molar-refractivity contribution in [1.29, 1.82) is 0 Å². The Morgan fingerprint density at radius 3 is 2.96 bits per heavy atom. The fourth-order valence-corrected chi connectivity index (χ4v) is 3.33. The zero-order valence-electron chi connectivity index (χ0n) is 14.8. The fourth-order valence-electron chi connectivity index (χ4n) is 3.33. The molecule has 4 heteroatoms. The summed E-state index contributed by atoms with van der Waals surface area (Å²) in [5, 5.41) is 1.03. The predicted molar refractivity (Wildman–Crippen MR) is 96.3 cm³/mol. The van der Waals surface area contributed by atoms with E-state index in [0.29, 0.717) is 5.92 Å². The van der Waals surface area contributed by atoms with E-state index in [-0.39, 0.29) is 5.91 Å². The van der Waals surface area contributed by atoms with Gasteiger partial charge in [0.2, 0.25) is 0 Å². The van der Waals surface area contributed by atoms with Gasteiger partial charge in [-0.15, -0.1) is 0 Å². The Bertz CT molecular complexity index is 742. The van der Waals surface area contributed by atoms with E-state index in [1.165, 1.54) is 5.56 Å². The summed E-state index contributed by atoms with van der Waals surface area (Å²) in [5.41, 5.74) is 3.66. The van der Waals surface area contributed by atoms with Gasteiger partial charge in [-0.3, -0.25) is 9.78 Å². The highest BCUT2D eigenvalue weighted by molar-refractivity contribution is 5.98. The quantitative estimate of drug-likeness (QED) is 0.786. The summed E-state index contributed by atoms with van der Waals surface area (Å²) < 4.78 is 5.64. The summed E-state index contributed by atoms with van der Waals surface area (Å²) in [7, 11) is 0. The third kappa shape index (κ3) is 3.59. The molecule has 0 aliphatic carbocycles. The van der Waals surface area contributed by atoms with Gasteiger partial charge in [-0.1, -0.05) is 18.6 Å². The van der Waals surface area contributed by atoms with Gasteiger partial charge in [0.1, 0.15) is 0 Å². The van der Waals surface area contributed by atoms with Crippen molar-refractivity contribution in [1.82, 2.24) is 9.88 Å². The van der Waals surface area contributed by atoms with Gasteiger partial charge in [0.05, 0.1) is 23.4 Å². The molecule has 1 unspecified atom stereocenters. The molecule has 0 bridgehead atoms. The SMILES string of the molecule is CCCOCC1CCN(C(=O)c2cc3cc(C)ccc3nc2C)C1. The van der Waals surface area contributed by atoms with Crippen LogP contribution < -0.4 is 0 Å². The summed E-state index contributed by atoms with van der Waals surface area (Å²) in [5.74, 6) is 0.554. The van der Waals surface area contributed by atoms with Crippen LogP contribution in [0, 0.1) is 19.8 Å². The Labute approximate surface area is 143 Å². The fraction of sp³-hybridized carbons (Fsp3) is 0.500. The number of benzene rings is 1. The minimum atomic E-state index is 0.0985. The first kappa shape index (κ1) is 16.9. The molecular weight excluding hydrogens is 300 g/mol. The van der Waals surface area contributed by atoms with Crippen molar-refractivity contribution >= 4 is 16.8 Å². The molecule has 0 spiro atoms. The normalized spacial score (nSPS) is 17.6. The van der Waals surface area contributed by atoms with Crippen LogP contribution in [0.15, 0.2) is 24.3 Å². The summed E-state index contributed by atoms with van der Waals surface area (Å²) in [6.07, 6.45) is 2.06. The molecule has 2 aromatic rings. The molecule has 1 amide bonds. The molecule has 0 N–H and O–H groups in total. The molecule has 24 heavy (non-hydrogen) atoms. The first-order valence-electron chi connectivity index (χ1n) is 8.83. The summed E-state index contributed by atoms with van der Waals surface area (Å²) in [4.78, 5) is 19.5. The van der Waals surface area contributed by atoms with Gasteiger partial charge in [0.25, 0.3) is 5.91 Å². The number of hydrogen-bond acceptors (Lipinski definition) is 3. The van der Waals surface area contributed by atoms with Gasteiger partial charge < -0.3 is 9.64 Å². The highest BCUT2D eigenvalue weighted by atomic mass is 16.5. The Balaban J connectivity index is 1.75. The Morgan fingerprint density at radius 1 is 1.33 bits per heavy atom. The molecule has 1 aliphatic rings. The van der Waals surface area contributed by atoms with Crippen LogP contribution in [0.25, 0.3) is 10.9 Å². The number of aryl methyl sites for hydroxylation is 2. The maximum atomic E-state index is 12.9. The number of rotatable bonds is 5. The monoisotopic (exact) mass is 326 g/mol. The first-order valence-corrected chi connectivity index (χ1v) is 8.83. The summed E-state index contributed by atoms with van der Waals surface area (Å²) >= 11 is 0. The Hall–Kier alpha value is -1.94. The number of fused-ring (bicyclic) bond motifs is 1. The number of ether oxygens (including phenoxy) is 1. The molecule has 4 nitrogen and oxygen atoms in total. The van der Waals surface area contributed by atoms with Crippen molar-refractivity contribution < 1.29 is 9.53 Å². The average molecular weight is 326 g/mol. The van der Waals surface area contributed by atoms with E-state index in [1.807, 2.05) is 24.0 Å². The van der Waals surface area contributed by atoms with Crippen molar-refractivity contribution in [2.75, 3.05) is 26.3 Å². The number of amides is 1. The third-order valence-corrected chi connectivity index (χ3v) is 4.67. The van der Waals surface area contributed by atoms with Crippen LogP contribution in [0.1, 0.15) is 41.4 Å². The average Bonchev–Trinajstić information content (AvgIpc) is 3.03. The summed E-state index contributed by atoms with van der Waals surface area (Å²) in [6, 6.07) is 8.15. The van der Waals surface area contributed by atoms with E-state index in [9.17, 15) is 4.79 Å². The zero-order chi connectivity index (χ0) is 17.1. The minimum absolute atomic E-state index is 0.0985. The van der Waals surface area contributed by atoms with Gasteiger partial charge in [-0.2, -0.15) is 0 Å². The van der Waals surface area contributed by atoms with Crippen LogP contribution in [0.2, 0.25) is 0 Å². The minimum Gasteiger partial charge on any atom is -0.381 e. The number of pyridine rings is 1. The molecule has 1 atom stereocenters. The van der Waals surface area contributed by atoms with Crippen LogP contribution in [0.4, 0.5) is 0 Å². The second kappa shape index (κ2) is 7.31. The lowest BCUT2D eigenvalue weighted by Crippen LogP contribution is -2.30. The Morgan fingerprint density at radius 2 is 2.17 bits per heavy atom. The van der Waals surface area contributed by atoms with Crippen molar-refractivity contribution in [3.05, 3.63) is 41.1 Å². The zero-order valence-corrected chi connectivity index (χ0v) is 14.8. The topological polar surface area (TPSA) is 42.4 Å². The number of likely N-dealkylation sites (tertiary alicyclic amines) is 1. The van der Waals surface area contributed by atoms with E-state index in [1.54, 1.807) is 0 Å². The molecule has 1 fully saturated rings. The van der Waals surface area contributed by atoms with Crippen LogP contribution in [-0.2, 0) is 4.74 Å². The van der Waals surface area contributed by atoms with Crippen LogP contribution in [0.5, 0.6) is 0 Å².